The van der Waals surface area contributed by atoms with Crippen LogP contribution in [-0.4, -0.2) is 37.0 Å². The highest BCUT2D eigenvalue weighted by Gasteiger charge is 2.38. The summed E-state index contributed by atoms with van der Waals surface area (Å²) in [5, 5.41) is 6.94. The lowest BCUT2D eigenvalue weighted by molar-refractivity contribution is -0.127. The second kappa shape index (κ2) is 9.86. The molecule has 0 bridgehead atoms. The third-order valence-corrected chi connectivity index (χ3v) is 5.52. The number of nitrogens with one attached hydrogen (secondary N) is 2. The summed E-state index contributed by atoms with van der Waals surface area (Å²) in [4.78, 5) is 15.5. The molecule has 1 amide bonds. The van der Waals surface area contributed by atoms with Crippen LogP contribution in [0.5, 0.6) is 5.75 Å². The van der Waals surface area contributed by atoms with Gasteiger partial charge < -0.3 is 20.3 Å². The molecule has 0 radical (unpaired) electrons. The lowest BCUT2D eigenvalue weighted by atomic mass is 9.96. The molecular formula is C24H37N3O2. The highest BCUT2D eigenvalue weighted by atomic mass is 16.5. The normalized spacial score (nSPS) is 15.1. The smallest absolute Gasteiger partial charge is 0.254 e. The second-order valence-electron chi connectivity index (χ2n) is 8.19. The molecule has 1 aliphatic carbocycles. The van der Waals surface area contributed by atoms with E-state index in [2.05, 4.69) is 24.5 Å². The molecule has 5 heteroatoms. The van der Waals surface area contributed by atoms with E-state index in [4.69, 9.17) is 4.74 Å². The predicted molar refractivity (Wildman–Crippen MR) is 120 cm³/mol. The van der Waals surface area contributed by atoms with Crippen LogP contribution in [0.4, 0.5) is 0 Å². The highest BCUT2D eigenvalue weighted by molar-refractivity contribution is 5.98. The summed E-state index contributed by atoms with van der Waals surface area (Å²) >= 11 is 0. The Morgan fingerprint density at radius 1 is 1.24 bits per heavy atom. The molecule has 29 heavy (non-hydrogen) atoms. The lowest BCUT2D eigenvalue weighted by Gasteiger charge is -2.27. The van der Waals surface area contributed by atoms with Gasteiger partial charge in [0.25, 0.3) is 5.91 Å². The standard InChI is InChI=1S/C24H37N3O2/c1-8-20(22(25-6)26-24(5)13-14-24)21(17(3)4)23(28)27(9-2)16-18-11-10-12-19(15-18)29-7/h10-12,15,25-26H,8-9,13-14,16H2,1-7H3/b22-20-. The van der Waals surface area contributed by atoms with E-state index in [9.17, 15) is 4.79 Å². The van der Waals surface area contributed by atoms with Crippen LogP contribution < -0.4 is 15.4 Å². The van der Waals surface area contributed by atoms with Crippen LogP contribution in [-0.2, 0) is 11.3 Å². The number of benzene rings is 1. The maximum atomic E-state index is 13.6. The fourth-order valence-electron chi connectivity index (χ4n) is 3.50. The van der Waals surface area contributed by atoms with Crippen molar-refractivity contribution in [2.45, 2.75) is 66.0 Å². The molecular weight excluding hydrogens is 362 g/mol. The molecule has 0 unspecified atom stereocenters. The summed E-state index contributed by atoms with van der Waals surface area (Å²) in [6.45, 7) is 11.6. The van der Waals surface area contributed by atoms with Crippen molar-refractivity contribution in [2.75, 3.05) is 20.7 Å². The van der Waals surface area contributed by atoms with Crippen LogP contribution in [0.1, 0.15) is 59.4 Å². The highest BCUT2D eigenvalue weighted by Crippen LogP contribution is 2.36. The van der Waals surface area contributed by atoms with Gasteiger partial charge in [-0.2, -0.15) is 0 Å². The number of amides is 1. The topological polar surface area (TPSA) is 53.6 Å². The van der Waals surface area contributed by atoms with Gasteiger partial charge in [0.05, 0.1) is 7.11 Å². The number of carbonyl (C=O) groups excluding carboxylic acids is 1. The first-order chi connectivity index (χ1) is 13.8. The fraction of sp³-hybridized carbons (Fsp3) is 0.542. The van der Waals surface area contributed by atoms with Gasteiger partial charge in [-0.3, -0.25) is 4.79 Å². The van der Waals surface area contributed by atoms with Crippen molar-refractivity contribution < 1.29 is 9.53 Å². The molecule has 1 aromatic carbocycles. The second-order valence-corrected chi connectivity index (χ2v) is 8.19. The van der Waals surface area contributed by atoms with Crippen LogP contribution in [0.3, 0.4) is 0 Å². The van der Waals surface area contributed by atoms with Gasteiger partial charge in [0, 0.05) is 36.8 Å². The zero-order valence-corrected chi connectivity index (χ0v) is 19.1. The number of methoxy groups -OCH3 is 1. The van der Waals surface area contributed by atoms with Gasteiger partial charge in [-0.1, -0.05) is 24.6 Å². The zero-order chi connectivity index (χ0) is 21.6. The Morgan fingerprint density at radius 3 is 2.41 bits per heavy atom. The van der Waals surface area contributed by atoms with Crippen molar-refractivity contribution in [1.82, 2.24) is 15.5 Å². The number of rotatable bonds is 10. The minimum atomic E-state index is 0.0719. The summed E-state index contributed by atoms with van der Waals surface area (Å²) in [7, 11) is 3.58. The molecule has 1 aliphatic rings. The van der Waals surface area contributed by atoms with Crippen LogP contribution in [0.15, 0.2) is 46.8 Å². The zero-order valence-electron chi connectivity index (χ0n) is 19.1. The van der Waals surface area contributed by atoms with Crippen molar-refractivity contribution in [2.24, 2.45) is 0 Å². The Hall–Kier alpha value is -2.43. The van der Waals surface area contributed by atoms with Crippen molar-refractivity contribution >= 4 is 5.91 Å². The molecule has 2 rings (SSSR count). The Bertz CT molecular complexity index is 787. The van der Waals surface area contributed by atoms with Gasteiger partial charge in [0.1, 0.15) is 11.6 Å². The Kier molecular flexibility index (Phi) is 7.77. The van der Waals surface area contributed by atoms with Crippen LogP contribution >= 0.6 is 0 Å². The van der Waals surface area contributed by atoms with Gasteiger partial charge in [-0.25, -0.2) is 0 Å². The average Bonchev–Trinajstić information content (AvgIpc) is 3.44. The molecule has 0 spiro atoms. The first kappa shape index (κ1) is 22.9. The number of hydrogen-bond acceptors (Lipinski definition) is 4. The van der Waals surface area contributed by atoms with Crippen molar-refractivity contribution in [3.05, 3.63) is 52.4 Å². The largest absolute Gasteiger partial charge is 0.497 e. The molecule has 1 fully saturated rings. The Labute approximate surface area is 176 Å². The molecule has 1 aromatic rings. The lowest BCUT2D eigenvalue weighted by Crippen LogP contribution is -2.37. The van der Waals surface area contributed by atoms with E-state index in [1.165, 1.54) is 0 Å². The monoisotopic (exact) mass is 399 g/mol. The first-order valence-electron chi connectivity index (χ1n) is 10.6. The van der Waals surface area contributed by atoms with E-state index in [0.717, 1.165) is 53.1 Å². The van der Waals surface area contributed by atoms with E-state index < -0.39 is 0 Å². The summed E-state index contributed by atoms with van der Waals surface area (Å²) in [6.07, 6.45) is 3.09. The van der Waals surface area contributed by atoms with Crippen molar-refractivity contribution in [1.29, 1.82) is 0 Å². The van der Waals surface area contributed by atoms with Gasteiger partial charge in [-0.15, -0.1) is 0 Å². The van der Waals surface area contributed by atoms with Crippen molar-refractivity contribution in [3.8, 4) is 5.75 Å². The number of likely N-dealkylation sites (N-methyl/N-ethyl adjacent to an activating group) is 1. The molecule has 2 N–H and O–H groups in total. The van der Waals surface area contributed by atoms with E-state index in [1.807, 2.05) is 57.0 Å². The first-order valence-corrected chi connectivity index (χ1v) is 10.6. The fourth-order valence-corrected chi connectivity index (χ4v) is 3.50. The van der Waals surface area contributed by atoms with E-state index in [0.29, 0.717) is 13.1 Å². The van der Waals surface area contributed by atoms with Crippen molar-refractivity contribution in [3.63, 3.8) is 0 Å². The van der Waals surface area contributed by atoms with Crippen LogP contribution in [0.2, 0.25) is 0 Å². The summed E-state index contributed by atoms with van der Waals surface area (Å²) < 4.78 is 5.33. The van der Waals surface area contributed by atoms with Gasteiger partial charge >= 0.3 is 0 Å². The Balaban J connectivity index is 2.36. The van der Waals surface area contributed by atoms with E-state index >= 15 is 0 Å². The number of ether oxygens (including phenoxy) is 1. The molecule has 0 aliphatic heterocycles. The summed E-state index contributed by atoms with van der Waals surface area (Å²) in [5.41, 5.74) is 4.09. The summed E-state index contributed by atoms with van der Waals surface area (Å²) in [6, 6.07) is 7.91. The average molecular weight is 400 g/mol. The number of hydrogen-bond donors (Lipinski definition) is 2. The maximum Gasteiger partial charge on any atom is 0.254 e. The van der Waals surface area contributed by atoms with Gasteiger partial charge in [-0.05, 0) is 64.7 Å². The van der Waals surface area contributed by atoms with Gasteiger partial charge in [0.2, 0.25) is 0 Å². The third kappa shape index (κ3) is 5.78. The minimum absolute atomic E-state index is 0.0719. The molecule has 0 aromatic heterocycles. The third-order valence-electron chi connectivity index (χ3n) is 5.52. The molecule has 0 heterocycles. The molecule has 5 nitrogen and oxygen atoms in total. The number of allylic oxidation sites excluding steroid dienone is 1. The number of carbonyl (C=O) groups is 1. The van der Waals surface area contributed by atoms with Crippen LogP contribution in [0, 0.1) is 0 Å². The quantitative estimate of drug-likeness (QED) is 0.453. The van der Waals surface area contributed by atoms with E-state index in [1.54, 1.807) is 7.11 Å². The van der Waals surface area contributed by atoms with Gasteiger partial charge in [0.15, 0.2) is 0 Å². The SMILES string of the molecule is CC/C(C(C(=O)N(CC)Cc1cccc(OC)c1)=C(C)C)=C(\NC)NC1(C)CC1. The molecule has 0 saturated heterocycles. The molecule has 1 saturated carbocycles. The van der Waals surface area contributed by atoms with E-state index in [-0.39, 0.29) is 11.4 Å². The summed E-state index contributed by atoms with van der Waals surface area (Å²) in [5.74, 6) is 1.85. The molecule has 0 atom stereocenters. The maximum absolute atomic E-state index is 13.6. The Morgan fingerprint density at radius 2 is 1.93 bits per heavy atom. The predicted octanol–water partition coefficient (Wildman–Crippen LogP) is 4.36. The van der Waals surface area contributed by atoms with Crippen LogP contribution in [0.25, 0.3) is 0 Å². The number of nitrogens with zero attached hydrogens (tertiary/aromatic N) is 1. The minimum Gasteiger partial charge on any atom is -0.497 e. The molecule has 160 valence electrons.